The van der Waals surface area contributed by atoms with E-state index in [4.69, 9.17) is 4.74 Å². The van der Waals surface area contributed by atoms with Crippen molar-refractivity contribution in [3.63, 3.8) is 0 Å². The van der Waals surface area contributed by atoms with E-state index in [-0.39, 0.29) is 6.42 Å². The van der Waals surface area contributed by atoms with Crippen molar-refractivity contribution in [3.8, 4) is 11.5 Å². The molecule has 0 atom stereocenters. The number of aromatic carboxylic acids is 1. The molecule has 0 heterocycles. The Balaban J connectivity index is 2.39. The maximum Gasteiger partial charge on any atom is 0.573 e. The van der Waals surface area contributed by atoms with Gasteiger partial charge in [0.15, 0.2) is 0 Å². The molecule has 0 aliphatic rings. The molecule has 0 bridgehead atoms. The van der Waals surface area contributed by atoms with Gasteiger partial charge in [-0.3, -0.25) is 4.79 Å². The van der Waals surface area contributed by atoms with Crippen LogP contribution in [0.15, 0.2) is 18.2 Å². The first-order valence-corrected chi connectivity index (χ1v) is 10.0. The van der Waals surface area contributed by atoms with Crippen molar-refractivity contribution in [2.45, 2.75) is 83.9 Å². The average molecular weight is 417 g/mol. The Morgan fingerprint density at radius 2 is 1.48 bits per heavy atom. The smallest absolute Gasteiger partial charge is 0.545 e. The number of benzene rings is 1. The average Bonchev–Trinajstić information content (AvgIpc) is 2.62. The summed E-state index contributed by atoms with van der Waals surface area (Å²) in [6.07, 6.45) is 5.96. The van der Waals surface area contributed by atoms with Crippen molar-refractivity contribution < 1.29 is 37.3 Å². The van der Waals surface area contributed by atoms with Crippen LogP contribution in [0.25, 0.3) is 0 Å². The van der Waals surface area contributed by atoms with Crippen LogP contribution in [0.2, 0.25) is 0 Å². The minimum Gasteiger partial charge on any atom is -0.545 e. The van der Waals surface area contributed by atoms with Gasteiger partial charge in [0.1, 0.15) is 11.5 Å². The van der Waals surface area contributed by atoms with Crippen LogP contribution in [0.5, 0.6) is 11.5 Å². The van der Waals surface area contributed by atoms with Crippen molar-refractivity contribution in [1.82, 2.24) is 0 Å². The van der Waals surface area contributed by atoms with Gasteiger partial charge in [-0.1, -0.05) is 64.7 Å². The Kier molecular flexibility index (Phi) is 11.2. The molecule has 0 aliphatic carbocycles. The fraction of sp³-hybridized carbons (Fsp3) is 0.619. The summed E-state index contributed by atoms with van der Waals surface area (Å²) in [5.74, 6) is -3.57. The molecule has 1 aromatic rings. The molecular formula is C21H28F3O5-. The number of rotatable bonds is 14. The lowest BCUT2D eigenvalue weighted by Gasteiger charge is -2.14. The summed E-state index contributed by atoms with van der Waals surface area (Å²) in [4.78, 5) is 23.0. The molecule has 0 saturated heterocycles. The van der Waals surface area contributed by atoms with Crippen molar-refractivity contribution in [1.29, 1.82) is 0 Å². The zero-order valence-electron chi connectivity index (χ0n) is 16.7. The molecule has 0 fully saturated rings. The minimum absolute atomic E-state index is 0.0490. The van der Waals surface area contributed by atoms with Gasteiger partial charge in [0, 0.05) is 18.1 Å². The lowest BCUT2D eigenvalue weighted by Crippen LogP contribution is -2.24. The Bertz CT molecular complexity index is 644. The third-order valence-corrected chi connectivity index (χ3v) is 4.36. The van der Waals surface area contributed by atoms with Crippen molar-refractivity contribution >= 4 is 11.9 Å². The highest BCUT2D eigenvalue weighted by molar-refractivity contribution is 5.90. The largest absolute Gasteiger partial charge is 0.573 e. The van der Waals surface area contributed by atoms with Gasteiger partial charge >= 0.3 is 12.3 Å². The zero-order chi connectivity index (χ0) is 21.7. The van der Waals surface area contributed by atoms with Gasteiger partial charge in [0.05, 0.1) is 5.97 Å². The predicted octanol–water partition coefficient (Wildman–Crippen LogP) is 5.17. The predicted molar refractivity (Wildman–Crippen MR) is 99.6 cm³/mol. The standard InChI is InChI=1S/C21H29F3O5/c1-2-3-4-5-6-7-8-9-10-11-12-19(25)28-18-15-16(29-21(22,23)24)13-14-17(18)20(26)27/h13-15H,2-12H2,1H3,(H,26,27)/p-1. The first-order chi connectivity index (χ1) is 13.7. The third kappa shape index (κ3) is 11.4. The van der Waals surface area contributed by atoms with Gasteiger partial charge in [-0.15, -0.1) is 13.2 Å². The fourth-order valence-corrected chi connectivity index (χ4v) is 2.88. The number of carboxylic acid groups (broad SMARTS) is 1. The van der Waals surface area contributed by atoms with Gasteiger partial charge in [-0.05, 0) is 18.6 Å². The van der Waals surface area contributed by atoms with E-state index in [9.17, 15) is 27.9 Å². The van der Waals surface area contributed by atoms with Crippen molar-refractivity contribution in [2.24, 2.45) is 0 Å². The van der Waals surface area contributed by atoms with E-state index in [1.807, 2.05) is 0 Å². The molecular weight excluding hydrogens is 389 g/mol. The molecule has 0 saturated carbocycles. The van der Waals surface area contributed by atoms with Crippen LogP contribution in [0.4, 0.5) is 13.2 Å². The molecule has 0 amide bonds. The van der Waals surface area contributed by atoms with E-state index in [0.717, 1.165) is 43.9 Å². The SMILES string of the molecule is CCCCCCCCCCCCC(=O)Oc1cc(OC(F)(F)F)ccc1C(=O)[O-]. The van der Waals surface area contributed by atoms with Crippen molar-refractivity contribution in [2.75, 3.05) is 0 Å². The second-order valence-electron chi connectivity index (χ2n) is 6.90. The van der Waals surface area contributed by atoms with Crippen LogP contribution < -0.4 is 14.6 Å². The molecule has 0 N–H and O–H groups in total. The van der Waals surface area contributed by atoms with Crippen LogP contribution in [0.1, 0.15) is 87.9 Å². The number of hydrogen-bond donors (Lipinski definition) is 0. The molecule has 0 radical (unpaired) electrons. The number of carbonyl (C=O) groups excluding carboxylic acids is 2. The fourth-order valence-electron chi connectivity index (χ4n) is 2.88. The molecule has 0 spiro atoms. The molecule has 8 heteroatoms. The lowest BCUT2D eigenvalue weighted by molar-refractivity contribution is -0.274. The van der Waals surface area contributed by atoms with Crippen LogP contribution in [-0.2, 0) is 4.79 Å². The summed E-state index contributed by atoms with van der Waals surface area (Å²) in [6.45, 7) is 2.18. The first kappa shape index (κ1) is 24.8. The number of carbonyl (C=O) groups is 2. The second-order valence-corrected chi connectivity index (χ2v) is 6.90. The lowest BCUT2D eigenvalue weighted by atomic mass is 10.1. The van der Waals surface area contributed by atoms with E-state index in [0.29, 0.717) is 6.42 Å². The monoisotopic (exact) mass is 417 g/mol. The molecule has 0 aromatic heterocycles. The van der Waals surface area contributed by atoms with Crippen LogP contribution in [-0.4, -0.2) is 18.3 Å². The number of ether oxygens (including phenoxy) is 2. The van der Waals surface area contributed by atoms with Crippen LogP contribution in [0.3, 0.4) is 0 Å². The summed E-state index contributed by atoms with van der Waals surface area (Å²) >= 11 is 0. The van der Waals surface area contributed by atoms with Gasteiger partial charge in [-0.2, -0.15) is 0 Å². The number of hydrogen-bond acceptors (Lipinski definition) is 5. The van der Waals surface area contributed by atoms with Gasteiger partial charge < -0.3 is 19.4 Å². The number of alkyl halides is 3. The molecule has 1 aromatic carbocycles. The van der Waals surface area contributed by atoms with Gasteiger partial charge in [-0.25, -0.2) is 0 Å². The van der Waals surface area contributed by atoms with E-state index in [1.165, 1.54) is 32.1 Å². The first-order valence-electron chi connectivity index (χ1n) is 10.0. The summed E-state index contributed by atoms with van der Waals surface area (Å²) < 4.78 is 45.6. The quantitative estimate of drug-likeness (QED) is 0.237. The third-order valence-electron chi connectivity index (χ3n) is 4.36. The van der Waals surface area contributed by atoms with Gasteiger partial charge in [0.25, 0.3) is 0 Å². The zero-order valence-corrected chi connectivity index (χ0v) is 16.7. The van der Waals surface area contributed by atoms with E-state index in [2.05, 4.69) is 11.7 Å². The Labute approximate surface area is 169 Å². The van der Waals surface area contributed by atoms with Crippen molar-refractivity contribution in [3.05, 3.63) is 23.8 Å². The van der Waals surface area contributed by atoms with Crippen LogP contribution >= 0.6 is 0 Å². The van der Waals surface area contributed by atoms with Gasteiger partial charge in [0.2, 0.25) is 0 Å². The topological polar surface area (TPSA) is 75.7 Å². The summed E-state index contributed by atoms with van der Waals surface area (Å²) in [7, 11) is 0. The maximum absolute atomic E-state index is 12.3. The number of halogens is 3. The number of carboxylic acids is 1. The molecule has 29 heavy (non-hydrogen) atoms. The maximum atomic E-state index is 12.3. The summed E-state index contributed by atoms with van der Waals surface area (Å²) in [5.41, 5.74) is -0.518. The highest BCUT2D eigenvalue weighted by atomic mass is 19.4. The Hall–Kier alpha value is -2.25. The second kappa shape index (κ2) is 13.1. The number of unbranched alkanes of at least 4 members (excludes halogenated alkanes) is 9. The summed E-state index contributed by atoms with van der Waals surface area (Å²) in [5, 5.41) is 11.1. The molecule has 5 nitrogen and oxygen atoms in total. The van der Waals surface area contributed by atoms with Crippen LogP contribution in [0, 0.1) is 0 Å². The van der Waals surface area contributed by atoms with E-state index < -0.39 is 35.4 Å². The molecule has 0 unspecified atom stereocenters. The minimum atomic E-state index is -4.94. The number of esters is 1. The Morgan fingerprint density at radius 3 is 2.00 bits per heavy atom. The normalized spacial score (nSPS) is 11.3. The molecule has 1 rings (SSSR count). The summed E-state index contributed by atoms with van der Waals surface area (Å²) in [6, 6.07) is 2.38. The van der Waals surface area contributed by atoms with E-state index in [1.54, 1.807) is 0 Å². The molecule has 0 aliphatic heterocycles. The Morgan fingerprint density at radius 1 is 0.931 bits per heavy atom. The highest BCUT2D eigenvalue weighted by Crippen LogP contribution is 2.29. The molecule has 164 valence electrons. The highest BCUT2D eigenvalue weighted by Gasteiger charge is 2.31. The van der Waals surface area contributed by atoms with E-state index >= 15 is 0 Å².